The van der Waals surface area contributed by atoms with Gasteiger partial charge in [-0.2, -0.15) is 0 Å². The smallest absolute Gasteiger partial charge is 0.124 e. The second kappa shape index (κ2) is 4.46. The molecule has 0 radical (unpaired) electrons. The van der Waals surface area contributed by atoms with Crippen LogP contribution in [0.3, 0.4) is 0 Å². The molecule has 0 saturated carbocycles. The minimum atomic E-state index is 0.213. The predicted octanol–water partition coefficient (Wildman–Crippen LogP) is 2.76. The lowest BCUT2D eigenvalue weighted by molar-refractivity contribution is 0.195. The van der Waals surface area contributed by atoms with Gasteiger partial charge in [-0.15, -0.1) is 0 Å². The largest absolute Gasteiger partial charge is 0.493 e. The molecule has 1 aromatic carbocycles. The first-order chi connectivity index (χ1) is 7.56. The predicted molar refractivity (Wildman–Crippen MR) is 66.8 cm³/mol. The summed E-state index contributed by atoms with van der Waals surface area (Å²) in [6.45, 7) is 9.37. The molecule has 0 bridgehead atoms. The Bertz CT molecular complexity index is 365. The lowest BCUT2D eigenvalue weighted by Gasteiger charge is -2.23. The van der Waals surface area contributed by atoms with Crippen LogP contribution in [0.5, 0.6) is 5.75 Å². The molecule has 1 aliphatic rings. The molecule has 0 amide bonds. The SMILES string of the molecule is CC(C)(C)COc1cccc2c1CNCC2. The van der Waals surface area contributed by atoms with Gasteiger partial charge in [-0.25, -0.2) is 0 Å². The Labute approximate surface area is 98.0 Å². The van der Waals surface area contributed by atoms with E-state index in [9.17, 15) is 0 Å². The fraction of sp³-hybridized carbons (Fsp3) is 0.571. The van der Waals surface area contributed by atoms with E-state index in [1.165, 1.54) is 11.1 Å². The lowest BCUT2D eigenvalue weighted by Crippen LogP contribution is -2.25. The summed E-state index contributed by atoms with van der Waals surface area (Å²) in [5, 5.41) is 3.40. The van der Waals surface area contributed by atoms with E-state index >= 15 is 0 Å². The number of rotatable bonds is 2. The van der Waals surface area contributed by atoms with Crippen molar-refractivity contribution in [3.63, 3.8) is 0 Å². The Morgan fingerprint density at radius 3 is 2.88 bits per heavy atom. The van der Waals surface area contributed by atoms with Crippen molar-refractivity contribution in [2.24, 2.45) is 5.41 Å². The molecule has 0 saturated heterocycles. The molecule has 0 aliphatic carbocycles. The van der Waals surface area contributed by atoms with Crippen LogP contribution >= 0.6 is 0 Å². The highest BCUT2D eigenvalue weighted by atomic mass is 16.5. The molecule has 0 aromatic heterocycles. The molecule has 16 heavy (non-hydrogen) atoms. The number of hydrogen-bond acceptors (Lipinski definition) is 2. The fourth-order valence-electron chi connectivity index (χ4n) is 1.91. The van der Waals surface area contributed by atoms with Gasteiger partial charge in [0.15, 0.2) is 0 Å². The maximum absolute atomic E-state index is 5.93. The minimum Gasteiger partial charge on any atom is -0.493 e. The molecule has 2 rings (SSSR count). The van der Waals surface area contributed by atoms with Crippen LogP contribution in [0.2, 0.25) is 0 Å². The highest BCUT2D eigenvalue weighted by molar-refractivity contribution is 5.41. The molecule has 1 aliphatic heterocycles. The van der Waals surface area contributed by atoms with E-state index in [-0.39, 0.29) is 5.41 Å². The van der Waals surface area contributed by atoms with Gasteiger partial charge >= 0.3 is 0 Å². The highest BCUT2D eigenvalue weighted by Gasteiger charge is 2.16. The second-order valence-corrected chi connectivity index (χ2v) is 5.67. The minimum absolute atomic E-state index is 0.213. The van der Waals surface area contributed by atoms with Crippen molar-refractivity contribution in [3.8, 4) is 5.75 Å². The summed E-state index contributed by atoms with van der Waals surface area (Å²) in [7, 11) is 0. The Kier molecular flexibility index (Phi) is 3.20. The van der Waals surface area contributed by atoms with Gasteiger partial charge in [0.1, 0.15) is 5.75 Å². The number of ether oxygens (including phenoxy) is 1. The number of fused-ring (bicyclic) bond motifs is 1. The van der Waals surface area contributed by atoms with Gasteiger partial charge in [-0.1, -0.05) is 32.9 Å². The molecular weight excluding hydrogens is 198 g/mol. The van der Waals surface area contributed by atoms with E-state index in [4.69, 9.17) is 4.74 Å². The monoisotopic (exact) mass is 219 g/mol. The van der Waals surface area contributed by atoms with Crippen molar-refractivity contribution < 1.29 is 4.74 Å². The van der Waals surface area contributed by atoms with Gasteiger partial charge < -0.3 is 10.1 Å². The summed E-state index contributed by atoms with van der Waals surface area (Å²) >= 11 is 0. The standard InChI is InChI=1S/C14H21NO/c1-14(2,3)10-16-13-6-4-5-11-7-8-15-9-12(11)13/h4-6,15H,7-10H2,1-3H3. The van der Waals surface area contributed by atoms with Gasteiger partial charge in [0.25, 0.3) is 0 Å². The summed E-state index contributed by atoms with van der Waals surface area (Å²) in [4.78, 5) is 0. The van der Waals surface area contributed by atoms with Crippen LogP contribution in [-0.2, 0) is 13.0 Å². The Balaban J connectivity index is 2.15. The van der Waals surface area contributed by atoms with Crippen molar-refractivity contribution in [1.82, 2.24) is 5.32 Å². The first-order valence-corrected chi connectivity index (χ1v) is 6.00. The molecule has 2 nitrogen and oxygen atoms in total. The lowest BCUT2D eigenvalue weighted by atomic mass is 9.98. The quantitative estimate of drug-likeness (QED) is 0.826. The molecule has 0 spiro atoms. The average Bonchev–Trinajstić information content (AvgIpc) is 2.25. The van der Waals surface area contributed by atoms with Gasteiger partial charge in [-0.3, -0.25) is 0 Å². The summed E-state index contributed by atoms with van der Waals surface area (Å²) in [5.41, 5.74) is 2.99. The van der Waals surface area contributed by atoms with Crippen molar-refractivity contribution in [2.75, 3.05) is 13.2 Å². The number of hydrogen-bond donors (Lipinski definition) is 1. The van der Waals surface area contributed by atoms with Crippen LogP contribution in [0.1, 0.15) is 31.9 Å². The Morgan fingerprint density at radius 1 is 1.31 bits per heavy atom. The molecule has 0 fully saturated rings. The van der Waals surface area contributed by atoms with Crippen LogP contribution in [0.4, 0.5) is 0 Å². The first-order valence-electron chi connectivity index (χ1n) is 6.00. The Hall–Kier alpha value is -1.02. The van der Waals surface area contributed by atoms with Gasteiger partial charge in [-0.05, 0) is 30.0 Å². The van der Waals surface area contributed by atoms with Crippen LogP contribution in [-0.4, -0.2) is 13.2 Å². The highest BCUT2D eigenvalue weighted by Crippen LogP contribution is 2.26. The zero-order chi connectivity index (χ0) is 11.6. The third kappa shape index (κ3) is 2.76. The first kappa shape index (κ1) is 11.5. The third-order valence-electron chi connectivity index (χ3n) is 2.76. The summed E-state index contributed by atoms with van der Waals surface area (Å²) in [6, 6.07) is 6.39. The molecule has 1 heterocycles. The molecule has 2 heteroatoms. The van der Waals surface area contributed by atoms with Crippen LogP contribution in [0.15, 0.2) is 18.2 Å². The van der Waals surface area contributed by atoms with Gasteiger partial charge in [0.05, 0.1) is 6.61 Å². The van der Waals surface area contributed by atoms with Crippen LogP contribution < -0.4 is 10.1 Å². The number of benzene rings is 1. The average molecular weight is 219 g/mol. The molecular formula is C14H21NO. The van der Waals surface area contributed by atoms with E-state index < -0.39 is 0 Å². The molecule has 0 atom stereocenters. The van der Waals surface area contributed by atoms with Crippen molar-refractivity contribution in [1.29, 1.82) is 0 Å². The van der Waals surface area contributed by atoms with Crippen molar-refractivity contribution in [2.45, 2.75) is 33.7 Å². The number of nitrogens with one attached hydrogen (secondary N) is 1. The maximum atomic E-state index is 5.93. The van der Waals surface area contributed by atoms with Crippen molar-refractivity contribution >= 4 is 0 Å². The summed E-state index contributed by atoms with van der Waals surface area (Å²) < 4.78 is 5.93. The van der Waals surface area contributed by atoms with E-state index in [0.29, 0.717) is 0 Å². The zero-order valence-corrected chi connectivity index (χ0v) is 10.5. The molecule has 1 aromatic rings. The van der Waals surface area contributed by atoms with E-state index in [1.807, 2.05) is 0 Å². The van der Waals surface area contributed by atoms with E-state index in [1.54, 1.807) is 0 Å². The normalized spacial score (nSPS) is 15.7. The second-order valence-electron chi connectivity index (χ2n) is 5.67. The van der Waals surface area contributed by atoms with E-state index in [2.05, 4.69) is 44.3 Å². The van der Waals surface area contributed by atoms with E-state index in [0.717, 1.165) is 31.9 Å². The fourth-order valence-corrected chi connectivity index (χ4v) is 1.91. The van der Waals surface area contributed by atoms with Gasteiger partial charge in [0, 0.05) is 12.1 Å². The topological polar surface area (TPSA) is 21.3 Å². The Morgan fingerprint density at radius 2 is 2.12 bits per heavy atom. The van der Waals surface area contributed by atoms with Crippen LogP contribution in [0.25, 0.3) is 0 Å². The maximum Gasteiger partial charge on any atom is 0.124 e. The van der Waals surface area contributed by atoms with Crippen LogP contribution in [0, 0.1) is 5.41 Å². The van der Waals surface area contributed by atoms with Gasteiger partial charge in [0.2, 0.25) is 0 Å². The third-order valence-corrected chi connectivity index (χ3v) is 2.76. The molecule has 1 N–H and O–H groups in total. The summed E-state index contributed by atoms with van der Waals surface area (Å²) in [6.07, 6.45) is 1.11. The van der Waals surface area contributed by atoms with Crippen molar-refractivity contribution in [3.05, 3.63) is 29.3 Å². The molecule has 0 unspecified atom stereocenters. The summed E-state index contributed by atoms with van der Waals surface area (Å²) in [5.74, 6) is 1.06. The molecule has 88 valence electrons. The zero-order valence-electron chi connectivity index (χ0n) is 10.5.